The second kappa shape index (κ2) is 3.22. The van der Waals surface area contributed by atoms with E-state index in [9.17, 15) is 14.7 Å². The molecule has 0 aromatic heterocycles. The van der Waals surface area contributed by atoms with E-state index in [0.717, 1.165) is 0 Å². The van der Waals surface area contributed by atoms with Gasteiger partial charge < -0.3 is 14.7 Å². The fourth-order valence-electron chi connectivity index (χ4n) is 0.515. The van der Waals surface area contributed by atoms with Gasteiger partial charge in [-0.1, -0.05) is 6.92 Å². The molecule has 0 heterocycles. The van der Waals surface area contributed by atoms with Gasteiger partial charge in [0, 0.05) is 18.3 Å². The van der Waals surface area contributed by atoms with E-state index in [4.69, 9.17) is 0 Å². The van der Waals surface area contributed by atoms with Crippen LogP contribution >= 0.6 is 0 Å². The average Bonchev–Trinajstić information content (AvgIpc) is 1.63. The standard InChI is InChI=1S/C6H10O3/c1-4(6(8)9)3-5(2)7/h4H,3H2,1-2H3,(H,8,9)/p-1/t4-/m0/s1. The molecular formula is C6H9O3-. The summed E-state index contributed by atoms with van der Waals surface area (Å²) in [6.45, 7) is 2.82. The van der Waals surface area contributed by atoms with Gasteiger partial charge in [0.15, 0.2) is 0 Å². The van der Waals surface area contributed by atoms with Crippen molar-refractivity contribution < 1.29 is 14.7 Å². The molecule has 0 aromatic carbocycles. The fourth-order valence-corrected chi connectivity index (χ4v) is 0.515. The number of carboxylic acid groups (broad SMARTS) is 1. The van der Waals surface area contributed by atoms with E-state index in [1.807, 2.05) is 0 Å². The SMILES string of the molecule is CC(=O)C[C@H](C)C(=O)[O-]. The Morgan fingerprint density at radius 3 is 2.11 bits per heavy atom. The summed E-state index contributed by atoms with van der Waals surface area (Å²) in [4.78, 5) is 20.2. The van der Waals surface area contributed by atoms with Gasteiger partial charge in [0.25, 0.3) is 0 Å². The second-order valence-electron chi connectivity index (χ2n) is 2.13. The molecule has 0 aliphatic carbocycles. The Kier molecular flexibility index (Phi) is 2.91. The molecule has 0 saturated carbocycles. The van der Waals surface area contributed by atoms with Crippen LogP contribution in [0.25, 0.3) is 0 Å². The highest BCUT2D eigenvalue weighted by Gasteiger charge is 2.04. The maximum absolute atomic E-state index is 10.3. The maximum Gasteiger partial charge on any atom is 0.130 e. The lowest BCUT2D eigenvalue weighted by Crippen LogP contribution is -2.30. The summed E-state index contributed by atoms with van der Waals surface area (Å²) in [5, 5.41) is 9.97. The van der Waals surface area contributed by atoms with Crippen LogP contribution in [0.2, 0.25) is 0 Å². The first-order valence-electron chi connectivity index (χ1n) is 2.74. The molecule has 0 saturated heterocycles. The molecule has 0 fully saturated rings. The first-order valence-corrected chi connectivity index (χ1v) is 2.74. The van der Waals surface area contributed by atoms with Crippen LogP contribution in [0.3, 0.4) is 0 Å². The second-order valence-corrected chi connectivity index (χ2v) is 2.13. The molecule has 0 N–H and O–H groups in total. The van der Waals surface area contributed by atoms with Crippen molar-refractivity contribution in [3.05, 3.63) is 0 Å². The van der Waals surface area contributed by atoms with Crippen LogP contribution in [-0.4, -0.2) is 11.8 Å². The summed E-state index contributed by atoms with van der Waals surface area (Å²) >= 11 is 0. The Bertz CT molecular complexity index is 128. The predicted molar refractivity (Wildman–Crippen MR) is 29.5 cm³/mol. The molecule has 0 radical (unpaired) electrons. The van der Waals surface area contributed by atoms with Gasteiger partial charge in [-0.3, -0.25) is 0 Å². The van der Waals surface area contributed by atoms with Crippen LogP contribution in [0.4, 0.5) is 0 Å². The molecule has 0 rings (SSSR count). The molecule has 0 amide bonds. The smallest absolute Gasteiger partial charge is 0.130 e. The molecule has 3 nitrogen and oxygen atoms in total. The van der Waals surface area contributed by atoms with E-state index in [0.29, 0.717) is 0 Å². The highest BCUT2D eigenvalue weighted by Crippen LogP contribution is 1.99. The fraction of sp³-hybridized carbons (Fsp3) is 0.667. The third-order valence-electron chi connectivity index (χ3n) is 0.996. The molecule has 0 bridgehead atoms. The van der Waals surface area contributed by atoms with Gasteiger partial charge in [-0.25, -0.2) is 0 Å². The van der Waals surface area contributed by atoms with Gasteiger partial charge in [0.1, 0.15) is 5.78 Å². The summed E-state index contributed by atoms with van der Waals surface area (Å²) in [6.07, 6.45) is 0.0718. The third kappa shape index (κ3) is 3.70. The maximum atomic E-state index is 10.3. The summed E-state index contributed by atoms with van der Waals surface area (Å²) in [5.74, 6) is -1.93. The Balaban J connectivity index is 3.63. The van der Waals surface area contributed by atoms with Gasteiger partial charge in [-0.05, 0) is 6.92 Å². The van der Waals surface area contributed by atoms with Gasteiger partial charge in [-0.2, -0.15) is 0 Å². The van der Waals surface area contributed by atoms with Crippen LogP contribution < -0.4 is 5.11 Å². The summed E-state index contributed by atoms with van der Waals surface area (Å²) in [6, 6.07) is 0. The number of ketones is 1. The van der Waals surface area contributed by atoms with Crippen molar-refractivity contribution in [2.75, 3.05) is 0 Å². The van der Waals surface area contributed by atoms with E-state index in [2.05, 4.69) is 0 Å². The Hall–Kier alpha value is -0.860. The number of rotatable bonds is 3. The minimum Gasteiger partial charge on any atom is -0.550 e. The number of hydrogen-bond acceptors (Lipinski definition) is 3. The van der Waals surface area contributed by atoms with Gasteiger partial charge in [0.05, 0.1) is 0 Å². The van der Waals surface area contributed by atoms with Crippen LogP contribution in [0.1, 0.15) is 20.3 Å². The monoisotopic (exact) mass is 129 g/mol. The number of Topliss-reactive ketones (excluding diaryl/α,β-unsaturated/α-hetero) is 1. The van der Waals surface area contributed by atoms with Crippen LogP contribution in [-0.2, 0) is 9.59 Å². The number of carbonyl (C=O) groups excluding carboxylic acids is 2. The molecule has 1 atom stereocenters. The van der Waals surface area contributed by atoms with Gasteiger partial charge in [0.2, 0.25) is 0 Å². The van der Waals surface area contributed by atoms with Crippen molar-refractivity contribution in [3.63, 3.8) is 0 Å². The molecule has 9 heavy (non-hydrogen) atoms. The van der Waals surface area contributed by atoms with Crippen LogP contribution in [0, 0.1) is 5.92 Å². The topological polar surface area (TPSA) is 57.2 Å². The highest BCUT2D eigenvalue weighted by atomic mass is 16.4. The number of aliphatic carboxylic acids is 1. The Morgan fingerprint density at radius 2 is 2.00 bits per heavy atom. The van der Waals surface area contributed by atoms with Gasteiger partial charge in [-0.15, -0.1) is 0 Å². The van der Waals surface area contributed by atoms with Crippen molar-refractivity contribution in [1.29, 1.82) is 0 Å². The van der Waals surface area contributed by atoms with Crippen LogP contribution in [0.15, 0.2) is 0 Å². The zero-order valence-electron chi connectivity index (χ0n) is 5.51. The van der Waals surface area contributed by atoms with E-state index in [-0.39, 0.29) is 12.2 Å². The number of hydrogen-bond donors (Lipinski definition) is 0. The minimum absolute atomic E-state index is 0.0718. The summed E-state index contributed by atoms with van der Waals surface area (Å²) in [5.41, 5.74) is 0. The minimum atomic E-state index is -1.16. The lowest BCUT2D eigenvalue weighted by molar-refractivity contribution is -0.310. The van der Waals surface area contributed by atoms with Crippen molar-refractivity contribution in [1.82, 2.24) is 0 Å². The quantitative estimate of drug-likeness (QED) is 0.509. The highest BCUT2D eigenvalue weighted by molar-refractivity contribution is 5.80. The molecule has 0 aliphatic heterocycles. The van der Waals surface area contributed by atoms with Crippen molar-refractivity contribution in [2.24, 2.45) is 5.92 Å². The first-order chi connectivity index (χ1) is 4.04. The summed E-state index contributed by atoms with van der Waals surface area (Å²) < 4.78 is 0. The van der Waals surface area contributed by atoms with E-state index in [1.54, 1.807) is 0 Å². The molecule has 0 aliphatic rings. The predicted octanol–water partition coefficient (Wildman–Crippen LogP) is -0.649. The van der Waals surface area contributed by atoms with E-state index < -0.39 is 11.9 Å². The first kappa shape index (κ1) is 8.14. The normalized spacial score (nSPS) is 12.7. The molecule has 0 aromatic rings. The third-order valence-corrected chi connectivity index (χ3v) is 0.996. The van der Waals surface area contributed by atoms with Crippen LogP contribution in [0.5, 0.6) is 0 Å². The Labute approximate surface area is 53.7 Å². The molecule has 0 spiro atoms. The lowest BCUT2D eigenvalue weighted by atomic mass is 10.1. The van der Waals surface area contributed by atoms with Crippen molar-refractivity contribution >= 4 is 11.8 Å². The molecule has 52 valence electrons. The largest absolute Gasteiger partial charge is 0.550 e. The summed E-state index contributed by atoms with van der Waals surface area (Å²) in [7, 11) is 0. The molecular weight excluding hydrogens is 120 g/mol. The lowest BCUT2D eigenvalue weighted by Gasteiger charge is -2.08. The number of carbonyl (C=O) groups is 2. The Morgan fingerprint density at radius 1 is 1.56 bits per heavy atom. The zero-order valence-corrected chi connectivity index (χ0v) is 5.51. The molecule has 3 heteroatoms. The van der Waals surface area contributed by atoms with E-state index >= 15 is 0 Å². The average molecular weight is 129 g/mol. The zero-order chi connectivity index (χ0) is 7.44. The van der Waals surface area contributed by atoms with Crippen molar-refractivity contribution in [2.45, 2.75) is 20.3 Å². The van der Waals surface area contributed by atoms with Gasteiger partial charge >= 0.3 is 0 Å². The number of carboxylic acids is 1. The van der Waals surface area contributed by atoms with E-state index in [1.165, 1.54) is 13.8 Å². The van der Waals surface area contributed by atoms with Crippen molar-refractivity contribution in [3.8, 4) is 0 Å². The molecule has 0 unspecified atom stereocenters.